The number of methoxy groups -OCH3 is 1. The smallest absolute Gasteiger partial charge is 0.412 e. The monoisotopic (exact) mass is 468 g/mol. The van der Waals surface area contributed by atoms with Crippen molar-refractivity contribution in [1.82, 2.24) is 19.4 Å². The van der Waals surface area contributed by atoms with Gasteiger partial charge in [-0.15, -0.1) is 5.10 Å². The number of amides is 1. The summed E-state index contributed by atoms with van der Waals surface area (Å²) < 4.78 is 40.6. The van der Waals surface area contributed by atoms with Crippen LogP contribution in [0.3, 0.4) is 0 Å². The molecule has 0 saturated heterocycles. The fraction of sp³-hybridized carbons (Fsp3) is 0.545. The molecule has 0 bridgehead atoms. The van der Waals surface area contributed by atoms with E-state index in [2.05, 4.69) is 17.0 Å². The molecule has 180 valence electrons. The van der Waals surface area contributed by atoms with Crippen LogP contribution in [0, 0.1) is 0 Å². The van der Waals surface area contributed by atoms with Crippen molar-refractivity contribution in [3.63, 3.8) is 0 Å². The molecule has 0 aliphatic carbocycles. The highest BCUT2D eigenvalue weighted by Crippen LogP contribution is 2.30. The molecule has 1 amide bonds. The van der Waals surface area contributed by atoms with Crippen molar-refractivity contribution in [2.24, 2.45) is 0 Å². The normalized spacial score (nSPS) is 13.0. The SMILES string of the molecule is C=C(C)/C(=C\C(=C/C)NC(=O)OC(C)(C)C)N(CCC)S(=O)(=O)c1cn(CC)nc1OC. The van der Waals surface area contributed by atoms with Gasteiger partial charge in [0.1, 0.15) is 5.60 Å². The number of carbonyl (C=O) groups is 1. The van der Waals surface area contributed by atoms with Crippen molar-refractivity contribution in [2.75, 3.05) is 13.7 Å². The Balaban J connectivity index is 3.49. The predicted octanol–water partition coefficient (Wildman–Crippen LogP) is 4.20. The molecule has 0 unspecified atom stereocenters. The molecule has 0 spiro atoms. The third kappa shape index (κ3) is 7.15. The largest absolute Gasteiger partial charge is 0.479 e. The van der Waals surface area contributed by atoms with E-state index in [1.54, 1.807) is 46.8 Å². The lowest BCUT2D eigenvalue weighted by molar-refractivity contribution is 0.0547. The summed E-state index contributed by atoms with van der Waals surface area (Å²) in [5, 5.41) is 6.82. The lowest BCUT2D eigenvalue weighted by atomic mass is 10.2. The molecule has 0 aliphatic rings. The third-order valence-corrected chi connectivity index (χ3v) is 5.96. The van der Waals surface area contributed by atoms with Crippen LogP contribution in [0.2, 0.25) is 0 Å². The van der Waals surface area contributed by atoms with Crippen LogP contribution in [-0.4, -0.2) is 47.9 Å². The second-order valence-corrected chi connectivity index (χ2v) is 9.95. The number of alkyl carbamates (subject to hydrolysis) is 1. The summed E-state index contributed by atoms with van der Waals surface area (Å²) in [5.41, 5.74) is 0.554. The van der Waals surface area contributed by atoms with Crippen LogP contribution in [0.4, 0.5) is 4.79 Å². The molecule has 1 aromatic rings. The van der Waals surface area contributed by atoms with Crippen LogP contribution in [0.15, 0.2) is 46.8 Å². The van der Waals surface area contributed by atoms with Gasteiger partial charge >= 0.3 is 6.09 Å². The van der Waals surface area contributed by atoms with Gasteiger partial charge in [0.05, 0.1) is 12.8 Å². The molecular weight excluding hydrogens is 432 g/mol. The Morgan fingerprint density at radius 3 is 2.41 bits per heavy atom. The highest BCUT2D eigenvalue weighted by molar-refractivity contribution is 7.89. The summed E-state index contributed by atoms with van der Waals surface area (Å²) in [6.07, 6.45) is 4.58. The maximum Gasteiger partial charge on any atom is 0.412 e. The first kappa shape index (κ1) is 27.3. The van der Waals surface area contributed by atoms with Gasteiger partial charge in [0.2, 0.25) is 0 Å². The lowest BCUT2D eigenvalue weighted by Gasteiger charge is -2.27. The summed E-state index contributed by atoms with van der Waals surface area (Å²) in [7, 11) is -2.65. The molecule has 0 saturated carbocycles. The van der Waals surface area contributed by atoms with Crippen molar-refractivity contribution in [1.29, 1.82) is 0 Å². The summed E-state index contributed by atoms with van der Waals surface area (Å²) in [4.78, 5) is 12.2. The van der Waals surface area contributed by atoms with Gasteiger partial charge in [-0.05, 0) is 59.6 Å². The quantitative estimate of drug-likeness (QED) is 0.516. The number of ether oxygens (including phenoxy) is 2. The van der Waals surface area contributed by atoms with Crippen molar-refractivity contribution in [2.45, 2.75) is 71.9 Å². The van der Waals surface area contributed by atoms with Gasteiger partial charge in [-0.3, -0.25) is 14.3 Å². The van der Waals surface area contributed by atoms with E-state index in [9.17, 15) is 13.2 Å². The molecule has 0 radical (unpaired) electrons. The van der Waals surface area contributed by atoms with E-state index >= 15 is 0 Å². The highest BCUT2D eigenvalue weighted by atomic mass is 32.2. The zero-order chi connectivity index (χ0) is 24.7. The Bertz CT molecular complexity index is 984. The molecule has 1 rings (SSSR count). The number of carbonyl (C=O) groups excluding carboxylic acids is 1. The zero-order valence-corrected chi connectivity index (χ0v) is 21.2. The van der Waals surface area contributed by atoms with E-state index in [-0.39, 0.29) is 17.3 Å². The Kier molecular flexibility index (Phi) is 9.56. The number of aryl methyl sites for hydroxylation is 1. The number of hydrogen-bond donors (Lipinski definition) is 1. The highest BCUT2D eigenvalue weighted by Gasteiger charge is 2.32. The first-order valence-corrected chi connectivity index (χ1v) is 11.9. The van der Waals surface area contributed by atoms with E-state index in [1.807, 2.05) is 13.8 Å². The van der Waals surface area contributed by atoms with E-state index in [0.29, 0.717) is 29.9 Å². The number of allylic oxidation sites excluding steroid dienone is 3. The minimum absolute atomic E-state index is 0.0205. The summed E-state index contributed by atoms with van der Waals surface area (Å²) in [6.45, 7) is 17.1. The number of sulfonamides is 1. The van der Waals surface area contributed by atoms with Crippen molar-refractivity contribution in [3.8, 4) is 5.88 Å². The Morgan fingerprint density at radius 1 is 1.34 bits per heavy atom. The summed E-state index contributed by atoms with van der Waals surface area (Å²) in [6, 6.07) is 0. The molecular formula is C22H36N4O5S. The molecule has 0 aromatic carbocycles. The van der Waals surface area contributed by atoms with E-state index in [0.717, 1.165) is 0 Å². The van der Waals surface area contributed by atoms with Crippen LogP contribution in [0.25, 0.3) is 0 Å². The Morgan fingerprint density at radius 2 is 1.97 bits per heavy atom. The number of nitrogens with one attached hydrogen (secondary N) is 1. The van der Waals surface area contributed by atoms with Gasteiger partial charge in [0, 0.05) is 25.0 Å². The Labute approximate surface area is 191 Å². The van der Waals surface area contributed by atoms with Crippen molar-refractivity contribution < 1.29 is 22.7 Å². The molecule has 32 heavy (non-hydrogen) atoms. The number of hydrogen-bond acceptors (Lipinski definition) is 6. The molecule has 1 N–H and O–H groups in total. The Hall–Kier alpha value is -2.75. The van der Waals surface area contributed by atoms with Crippen molar-refractivity contribution in [3.05, 3.63) is 41.9 Å². The average Bonchev–Trinajstić information content (AvgIpc) is 3.12. The topological polar surface area (TPSA) is 103 Å². The van der Waals surface area contributed by atoms with Crippen LogP contribution in [-0.2, 0) is 21.3 Å². The van der Waals surface area contributed by atoms with Crippen LogP contribution >= 0.6 is 0 Å². The van der Waals surface area contributed by atoms with Crippen LogP contribution in [0.1, 0.15) is 54.9 Å². The van der Waals surface area contributed by atoms with Gasteiger partial charge in [0.25, 0.3) is 15.9 Å². The van der Waals surface area contributed by atoms with E-state index in [1.165, 1.54) is 22.3 Å². The van der Waals surface area contributed by atoms with Crippen molar-refractivity contribution >= 4 is 16.1 Å². The lowest BCUT2D eigenvalue weighted by Crippen LogP contribution is -2.34. The van der Waals surface area contributed by atoms with Gasteiger partial charge in [0.15, 0.2) is 4.90 Å². The minimum Gasteiger partial charge on any atom is -0.479 e. The number of rotatable bonds is 10. The van der Waals surface area contributed by atoms with E-state index < -0.39 is 21.7 Å². The molecule has 0 aliphatic heterocycles. The molecule has 0 atom stereocenters. The van der Waals surface area contributed by atoms with Crippen LogP contribution in [0.5, 0.6) is 5.88 Å². The fourth-order valence-electron chi connectivity index (χ4n) is 2.73. The number of nitrogens with zero attached hydrogens (tertiary/aromatic N) is 3. The predicted molar refractivity (Wildman–Crippen MR) is 125 cm³/mol. The average molecular weight is 469 g/mol. The first-order chi connectivity index (χ1) is 14.8. The minimum atomic E-state index is -4.03. The molecule has 0 fully saturated rings. The second-order valence-electron chi connectivity index (χ2n) is 8.12. The number of aromatic nitrogens is 2. The third-order valence-electron chi connectivity index (χ3n) is 4.16. The van der Waals surface area contributed by atoms with E-state index in [4.69, 9.17) is 9.47 Å². The summed E-state index contributed by atoms with van der Waals surface area (Å²) >= 11 is 0. The summed E-state index contributed by atoms with van der Waals surface area (Å²) in [5.74, 6) is 0.0205. The van der Waals surface area contributed by atoms with Crippen LogP contribution < -0.4 is 10.1 Å². The zero-order valence-electron chi connectivity index (χ0n) is 20.4. The molecule has 9 nitrogen and oxygen atoms in total. The molecule has 1 heterocycles. The van der Waals surface area contributed by atoms with Gasteiger partial charge in [-0.1, -0.05) is 19.6 Å². The first-order valence-electron chi connectivity index (χ1n) is 10.5. The van der Waals surface area contributed by atoms with Gasteiger partial charge in [-0.25, -0.2) is 13.2 Å². The fourth-order valence-corrected chi connectivity index (χ4v) is 4.45. The molecule has 1 aromatic heterocycles. The molecule has 10 heteroatoms. The maximum absolute atomic E-state index is 13.6. The maximum atomic E-state index is 13.6. The standard InChI is InChI=1S/C22H36N4O5S/c1-10-13-26(32(28,29)19-15-25(12-3)24-20(19)30-9)18(16(4)5)14-17(11-2)23-21(27)31-22(6,7)8/h11,14-15H,4,10,12-13H2,1-3,5-9H3,(H,23,27)/b17-11+,18-14+. The van der Waals surface area contributed by atoms with Gasteiger partial charge < -0.3 is 9.47 Å². The van der Waals surface area contributed by atoms with Gasteiger partial charge in [-0.2, -0.15) is 0 Å². The second kappa shape index (κ2) is 11.2.